The first-order valence-corrected chi connectivity index (χ1v) is 8.74. The van der Waals surface area contributed by atoms with Crippen LogP contribution in [0, 0.1) is 18.3 Å². The fourth-order valence-electron chi connectivity index (χ4n) is 3.31. The van der Waals surface area contributed by atoms with Gasteiger partial charge in [-0.15, -0.1) is 0 Å². The predicted octanol–water partition coefficient (Wildman–Crippen LogP) is 5.81. The van der Waals surface area contributed by atoms with Gasteiger partial charge >= 0.3 is 0 Å². The van der Waals surface area contributed by atoms with Crippen molar-refractivity contribution < 1.29 is 5.11 Å². The molecule has 3 aromatic rings. The topological polar surface area (TPSA) is 49.0 Å². The van der Waals surface area contributed by atoms with E-state index in [2.05, 4.69) is 31.7 Å². The van der Waals surface area contributed by atoms with Crippen LogP contribution in [0.2, 0.25) is 0 Å². The number of hydrogen-bond acceptors (Lipinski definition) is 2. The van der Waals surface area contributed by atoms with Gasteiger partial charge in [0.1, 0.15) is 11.8 Å². The molecule has 0 aliphatic carbocycles. The minimum atomic E-state index is 0.0634. The molecule has 0 aliphatic heterocycles. The first-order chi connectivity index (χ1) is 12.5. The normalized spacial score (nSPS) is 10.5. The SMILES string of the molecule is C=C(O)c1ccc(-n2cc(C#N)c(-c3ccccc3CCC)c2)cc1C. The maximum absolute atomic E-state index is 9.64. The Kier molecular flexibility index (Phi) is 4.95. The second-order valence-corrected chi connectivity index (χ2v) is 6.46. The molecule has 3 heteroatoms. The molecule has 130 valence electrons. The Balaban J connectivity index is 2.10. The van der Waals surface area contributed by atoms with Gasteiger partial charge < -0.3 is 9.67 Å². The number of hydrogen-bond donors (Lipinski definition) is 1. The molecule has 0 unspecified atom stereocenters. The molecule has 26 heavy (non-hydrogen) atoms. The Morgan fingerprint density at radius 2 is 1.92 bits per heavy atom. The summed E-state index contributed by atoms with van der Waals surface area (Å²) in [6.07, 6.45) is 5.92. The highest BCUT2D eigenvalue weighted by Crippen LogP contribution is 2.30. The van der Waals surface area contributed by atoms with Gasteiger partial charge in [0.05, 0.1) is 5.56 Å². The summed E-state index contributed by atoms with van der Waals surface area (Å²) in [5, 5.41) is 19.3. The molecule has 3 nitrogen and oxygen atoms in total. The van der Waals surface area contributed by atoms with Gasteiger partial charge in [-0.2, -0.15) is 5.26 Å². The van der Waals surface area contributed by atoms with Crippen molar-refractivity contribution in [3.8, 4) is 22.9 Å². The van der Waals surface area contributed by atoms with Crippen molar-refractivity contribution in [2.45, 2.75) is 26.7 Å². The van der Waals surface area contributed by atoms with E-state index in [0.717, 1.165) is 40.8 Å². The van der Waals surface area contributed by atoms with Crippen LogP contribution in [0.5, 0.6) is 0 Å². The molecule has 3 rings (SSSR count). The molecule has 0 bridgehead atoms. The maximum atomic E-state index is 9.64. The van der Waals surface area contributed by atoms with Crippen LogP contribution in [-0.4, -0.2) is 9.67 Å². The third-order valence-corrected chi connectivity index (χ3v) is 4.59. The number of aryl methyl sites for hydroxylation is 2. The molecule has 0 radical (unpaired) electrons. The number of aliphatic hydroxyl groups is 1. The fourth-order valence-corrected chi connectivity index (χ4v) is 3.31. The summed E-state index contributed by atoms with van der Waals surface area (Å²) in [6, 6.07) is 16.3. The summed E-state index contributed by atoms with van der Waals surface area (Å²) in [4.78, 5) is 0. The molecule has 0 atom stereocenters. The van der Waals surface area contributed by atoms with Crippen molar-refractivity contribution in [1.29, 1.82) is 5.26 Å². The Bertz CT molecular complexity index is 1010. The molecule has 0 amide bonds. The zero-order valence-corrected chi connectivity index (χ0v) is 15.2. The maximum Gasteiger partial charge on any atom is 0.115 e. The molecule has 0 saturated heterocycles. The Morgan fingerprint density at radius 3 is 2.58 bits per heavy atom. The summed E-state index contributed by atoms with van der Waals surface area (Å²) >= 11 is 0. The van der Waals surface area contributed by atoms with E-state index in [-0.39, 0.29) is 5.76 Å². The second kappa shape index (κ2) is 7.33. The number of benzene rings is 2. The first-order valence-electron chi connectivity index (χ1n) is 8.74. The second-order valence-electron chi connectivity index (χ2n) is 6.46. The van der Waals surface area contributed by atoms with Crippen LogP contribution < -0.4 is 0 Å². The molecule has 1 aromatic heterocycles. The van der Waals surface area contributed by atoms with Gasteiger partial charge in [-0.1, -0.05) is 44.2 Å². The third kappa shape index (κ3) is 3.27. The van der Waals surface area contributed by atoms with E-state index in [1.165, 1.54) is 5.56 Å². The van der Waals surface area contributed by atoms with Crippen LogP contribution in [0.15, 0.2) is 61.4 Å². The molecule has 1 heterocycles. The lowest BCUT2D eigenvalue weighted by Crippen LogP contribution is -1.94. The minimum Gasteiger partial charge on any atom is -0.508 e. The van der Waals surface area contributed by atoms with Crippen LogP contribution in [0.1, 0.15) is 35.6 Å². The lowest BCUT2D eigenvalue weighted by atomic mass is 9.97. The lowest BCUT2D eigenvalue weighted by molar-refractivity contribution is 0.513. The molecule has 0 saturated carbocycles. The number of nitriles is 1. The molecular weight excluding hydrogens is 320 g/mol. The largest absolute Gasteiger partial charge is 0.508 e. The van der Waals surface area contributed by atoms with E-state index in [9.17, 15) is 10.4 Å². The highest BCUT2D eigenvalue weighted by Gasteiger charge is 2.13. The highest BCUT2D eigenvalue weighted by molar-refractivity contribution is 5.74. The van der Waals surface area contributed by atoms with Crippen LogP contribution >= 0.6 is 0 Å². The minimum absolute atomic E-state index is 0.0634. The summed E-state index contributed by atoms with van der Waals surface area (Å²) in [6.45, 7) is 7.69. The standard InChI is InChI=1S/C23H22N2O/c1-4-7-18-8-5-6-9-22(18)23-15-25(14-19(23)13-24)20-10-11-21(17(3)26)16(2)12-20/h5-6,8-12,14-15,26H,3-4,7H2,1-2H3. The van der Waals surface area contributed by atoms with Crippen molar-refractivity contribution in [3.05, 3.63) is 83.7 Å². The quantitative estimate of drug-likeness (QED) is 0.595. The smallest absolute Gasteiger partial charge is 0.115 e. The van der Waals surface area contributed by atoms with Gasteiger partial charge in [-0.25, -0.2) is 0 Å². The van der Waals surface area contributed by atoms with E-state index < -0.39 is 0 Å². The molecule has 0 fully saturated rings. The van der Waals surface area contributed by atoms with Crippen molar-refractivity contribution in [2.75, 3.05) is 0 Å². The highest BCUT2D eigenvalue weighted by atomic mass is 16.3. The number of aromatic nitrogens is 1. The van der Waals surface area contributed by atoms with Gasteiger partial charge in [0, 0.05) is 29.2 Å². The summed E-state index contributed by atoms with van der Waals surface area (Å²) in [5.74, 6) is 0.0634. The molecular formula is C23H22N2O. The fraction of sp³-hybridized carbons (Fsp3) is 0.174. The summed E-state index contributed by atoms with van der Waals surface area (Å²) in [7, 11) is 0. The predicted molar refractivity (Wildman–Crippen MR) is 106 cm³/mol. The third-order valence-electron chi connectivity index (χ3n) is 4.59. The zero-order chi connectivity index (χ0) is 18.7. The number of aliphatic hydroxyl groups excluding tert-OH is 1. The van der Waals surface area contributed by atoms with Crippen molar-refractivity contribution in [3.63, 3.8) is 0 Å². The molecule has 2 aromatic carbocycles. The van der Waals surface area contributed by atoms with E-state index in [1.54, 1.807) is 0 Å². The average Bonchev–Trinajstić information content (AvgIpc) is 3.06. The Hall–Kier alpha value is -3.25. The average molecular weight is 342 g/mol. The molecule has 0 spiro atoms. The van der Waals surface area contributed by atoms with Crippen LogP contribution in [0.3, 0.4) is 0 Å². The number of rotatable bonds is 5. The van der Waals surface area contributed by atoms with Gasteiger partial charge in [0.15, 0.2) is 0 Å². The Morgan fingerprint density at radius 1 is 1.15 bits per heavy atom. The van der Waals surface area contributed by atoms with E-state index in [0.29, 0.717) is 5.56 Å². The van der Waals surface area contributed by atoms with Gasteiger partial charge in [-0.05, 0) is 48.2 Å². The van der Waals surface area contributed by atoms with Crippen molar-refractivity contribution in [2.24, 2.45) is 0 Å². The van der Waals surface area contributed by atoms with E-state index >= 15 is 0 Å². The monoisotopic (exact) mass is 342 g/mol. The summed E-state index contributed by atoms with van der Waals surface area (Å²) < 4.78 is 1.97. The van der Waals surface area contributed by atoms with Gasteiger partial charge in [0.25, 0.3) is 0 Å². The van der Waals surface area contributed by atoms with Crippen molar-refractivity contribution in [1.82, 2.24) is 4.57 Å². The van der Waals surface area contributed by atoms with Crippen LogP contribution in [0.25, 0.3) is 22.6 Å². The van der Waals surface area contributed by atoms with Gasteiger partial charge in [0.2, 0.25) is 0 Å². The Labute approximate surface area is 154 Å². The van der Waals surface area contributed by atoms with E-state index in [4.69, 9.17) is 0 Å². The van der Waals surface area contributed by atoms with Crippen LogP contribution in [0.4, 0.5) is 0 Å². The first kappa shape index (κ1) is 17.6. The summed E-state index contributed by atoms with van der Waals surface area (Å²) in [5.41, 5.74) is 6.59. The van der Waals surface area contributed by atoms with E-state index in [1.807, 2.05) is 54.2 Å². The van der Waals surface area contributed by atoms with Gasteiger partial charge in [-0.3, -0.25) is 0 Å². The number of nitrogens with zero attached hydrogens (tertiary/aromatic N) is 2. The zero-order valence-electron chi connectivity index (χ0n) is 15.2. The lowest BCUT2D eigenvalue weighted by Gasteiger charge is -2.09. The molecule has 1 N–H and O–H groups in total. The van der Waals surface area contributed by atoms with Crippen molar-refractivity contribution >= 4 is 5.76 Å². The van der Waals surface area contributed by atoms with Crippen LogP contribution in [-0.2, 0) is 6.42 Å². The molecule has 0 aliphatic rings.